The van der Waals surface area contributed by atoms with E-state index in [4.69, 9.17) is 18.3 Å². The van der Waals surface area contributed by atoms with Crippen molar-refractivity contribution in [3.63, 3.8) is 0 Å². The maximum Gasteiger partial charge on any atom is 0.283 e. The van der Waals surface area contributed by atoms with Crippen molar-refractivity contribution in [3.05, 3.63) is 83.4 Å². The monoisotopic (exact) mass is 417 g/mol. The lowest BCUT2D eigenvalue weighted by atomic mass is 9.87. The minimum atomic E-state index is 0.0312. The Labute approximate surface area is 180 Å². The van der Waals surface area contributed by atoms with E-state index >= 15 is 0 Å². The van der Waals surface area contributed by atoms with E-state index in [1.54, 1.807) is 32.6 Å². The van der Waals surface area contributed by atoms with Gasteiger partial charge in [0.05, 0.1) is 33.1 Å². The minimum absolute atomic E-state index is 0.0312. The molecule has 0 amide bonds. The molecular formula is C24H23N3O4. The van der Waals surface area contributed by atoms with E-state index in [1.165, 1.54) is 16.7 Å². The number of nitrogens with zero attached hydrogens (tertiary/aromatic N) is 3. The number of benzene rings is 2. The second-order valence-electron chi connectivity index (χ2n) is 7.42. The summed E-state index contributed by atoms with van der Waals surface area (Å²) in [5.41, 5.74) is 3.65. The Hall–Kier alpha value is -3.58. The number of aromatic nitrogens is 2. The highest BCUT2D eigenvalue weighted by Gasteiger charge is 2.31. The zero-order chi connectivity index (χ0) is 21.2. The molecule has 5 rings (SSSR count). The van der Waals surface area contributed by atoms with E-state index < -0.39 is 0 Å². The van der Waals surface area contributed by atoms with Gasteiger partial charge < -0.3 is 18.3 Å². The lowest BCUT2D eigenvalue weighted by Crippen LogP contribution is -2.35. The van der Waals surface area contributed by atoms with Gasteiger partial charge in [0.25, 0.3) is 5.89 Å². The number of hydrogen-bond acceptors (Lipinski definition) is 7. The van der Waals surface area contributed by atoms with Crippen molar-refractivity contribution in [2.45, 2.75) is 19.0 Å². The molecule has 0 saturated carbocycles. The molecule has 2 aromatic heterocycles. The normalized spacial score (nSPS) is 16.1. The molecule has 0 N–H and O–H groups in total. The second kappa shape index (κ2) is 8.28. The van der Waals surface area contributed by atoms with Crippen molar-refractivity contribution >= 4 is 0 Å². The summed E-state index contributed by atoms with van der Waals surface area (Å²) in [5, 5.41) is 8.39. The Balaban J connectivity index is 1.52. The maximum absolute atomic E-state index is 5.88. The third kappa shape index (κ3) is 3.68. The summed E-state index contributed by atoms with van der Waals surface area (Å²) in [5.74, 6) is 2.99. The molecule has 1 atom stereocenters. The first-order valence-electron chi connectivity index (χ1n) is 10.2. The van der Waals surface area contributed by atoms with E-state index in [1.807, 2.05) is 6.07 Å². The van der Waals surface area contributed by atoms with Crippen LogP contribution in [0.4, 0.5) is 0 Å². The molecule has 4 aromatic rings. The Morgan fingerprint density at radius 2 is 1.81 bits per heavy atom. The van der Waals surface area contributed by atoms with E-state index in [-0.39, 0.29) is 6.04 Å². The number of rotatable bonds is 6. The van der Waals surface area contributed by atoms with Crippen molar-refractivity contribution in [1.29, 1.82) is 0 Å². The number of methoxy groups -OCH3 is 2. The maximum atomic E-state index is 5.88. The number of furan rings is 1. The van der Waals surface area contributed by atoms with Crippen molar-refractivity contribution in [2.75, 3.05) is 20.8 Å². The third-order valence-corrected chi connectivity index (χ3v) is 5.63. The standard InChI is InChI=1S/C24H23N3O4/c1-28-20-13-17-10-11-27(15-22-25-26-24(31-22)19-9-6-12-30-19)23(16-7-4-3-5-8-16)18(17)14-21(20)29-2/h3-9,12-14,23H,10-11,15H2,1-2H3. The molecule has 0 radical (unpaired) electrons. The van der Waals surface area contributed by atoms with Gasteiger partial charge in [0.2, 0.25) is 5.89 Å². The average Bonchev–Trinajstić information content (AvgIpc) is 3.51. The highest BCUT2D eigenvalue weighted by molar-refractivity contribution is 5.51. The molecule has 3 heterocycles. The van der Waals surface area contributed by atoms with Crippen LogP contribution in [0.15, 0.2) is 69.7 Å². The van der Waals surface area contributed by atoms with Gasteiger partial charge in [0.15, 0.2) is 17.3 Å². The van der Waals surface area contributed by atoms with Gasteiger partial charge in [-0.1, -0.05) is 30.3 Å². The molecule has 0 saturated heterocycles. The summed E-state index contributed by atoms with van der Waals surface area (Å²) in [6.07, 6.45) is 2.48. The molecule has 0 fully saturated rings. The molecule has 2 aromatic carbocycles. The van der Waals surface area contributed by atoms with Gasteiger partial charge in [-0.05, 0) is 47.4 Å². The zero-order valence-corrected chi connectivity index (χ0v) is 17.4. The van der Waals surface area contributed by atoms with E-state index in [0.717, 1.165) is 24.5 Å². The Morgan fingerprint density at radius 1 is 1.00 bits per heavy atom. The minimum Gasteiger partial charge on any atom is -0.493 e. The van der Waals surface area contributed by atoms with Gasteiger partial charge in [0.1, 0.15) is 0 Å². The zero-order valence-electron chi connectivity index (χ0n) is 17.4. The lowest BCUT2D eigenvalue weighted by molar-refractivity contribution is 0.185. The first-order valence-corrected chi connectivity index (χ1v) is 10.2. The molecule has 1 aliphatic rings. The molecule has 0 bridgehead atoms. The quantitative estimate of drug-likeness (QED) is 0.457. The van der Waals surface area contributed by atoms with Crippen LogP contribution in [0.3, 0.4) is 0 Å². The van der Waals surface area contributed by atoms with Crippen LogP contribution in [0.5, 0.6) is 11.5 Å². The fourth-order valence-electron chi connectivity index (χ4n) is 4.18. The summed E-state index contributed by atoms with van der Waals surface area (Å²) in [6.45, 7) is 1.38. The van der Waals surface area contributed by atoms with Crippen LogP contribution in [0, 0.1) is 0 Å². The van der Waals surface area contributed by atoms with Gasteiger partial charge >= 0.3 is 0 Å². The summed E-state index contributed by atoms with van der Waals surface area (Å²) < 4.78 is 22.4. The summed E-state index contributed by atoms with van der Waals surface area (Å²) in [4.78, 5) is 2.35. The highest BCUT2D eigenvalue weighted by Crippen LogP contribution is 2.41. The van der Waals surface area contributed by atoms with Crippen molar-refractivity contribution in [3.8, 4) is 23.1 Å². The SMILES string of the molecule is COc1cc2c(cc1OC)C(c1ccccc1)N(Cc1nnc(-c3ccco3)o1)CC2. The molecule has 7 heteroatoms. The lowest BCUT2D eigenvalue weighted by Gasteiger charge is -2.37. The van der Waals surface area contributed by atoms with Gasteiger partial charge in [-0.25, -0.2) is 0 Å². The number of fused-ring (bicyclic) bond motifs is 1. The third-order valence-electron chi connectivity index (χ3n) is 5.63. The largest absolute Gasteiger partial charge is 0.493 e. The van der Waals surface area contributed by atoms with Crippen LogP contribution >= 0.6 is 0 Å². The smallest absolute Gasteiger partial charge is 0.283 e. The van der Waals surface area contributed by atoms with E-state index in [0.29, 0.717) is 24.1 Å². The summed E-state index contributed by atoms with van der Waals surface area (Å²) in [6, 6.07) is 18.2. The molecule has 7 nitrogen and oxygen atoms in total. The Bertz CT molecular complexity index is 1160. The average molecular weight is 417 g/mol. The van der Waals surface area contributed by atoms with Crippen LogP contribution in [-0.4, -0.2) is 35.9 Å². The van der Waals surface area contributed by atoms with Crippen molar-refractivity contribution in [2.24, 2.45) is 0 Å². The number of ether oxygens (including phenoxy) is 2. The van der Waals surface area contributed by atoms with Crippen LogP contribution < -0.4 is 9.47 Å². The first kappa shape index (κ1) is 19.4. The predicted octanol–water partition coefficient (Wildman–Crippen LogP) is 4.49. The van der Waals surface area contributed by atoms with Gasteiger partial charge in [0, 0.05) is 6.54 Å². The molecule has 1 aliphatic heterocycles. The summed E-state index contributed by atoms with van der Waals surface area (Å²) >= 11 is 0. The van der Waals surface area contributed by atoms with Gasteiger partial charge in [-0.15, -0.1) is 10.2 Å². The fourth-order valence-corrected chi connectivity index (χ4v) is 4.18. The topological polar surface area (TPSA) is 73.8 Å². The van der Waals surface area contributed by atoms with Crippen LogP contribution in [0.1, 0.15) is 28.6 Å². The highest BCUT2D eigenvalue weighted by atomic mass is 16.5. The molecular weight excluding hydrogens is 394 g/mol. The molecule has 1 unspecified atom stereocenters. The summed E-state index contributed by atoms with van der Waals surface area (Å²) in [7, 11) is 3.33. The van der Waals surface area contributed by atoms with Gasteiger partial charge in [-0.2, -0.15) is 0 Å². The Kier molecular flexibility index (Phi) is 5.18. The predicted molar refractivity (Wildman–Crippen MR) is 114 cm³/mol. The van der Waals surface area contributed by atoms with Crippen molar-refractivity contribution in [1.82, 2.24) is 15.1 Å². The Morgan fingerprint density at radius 3 is 2.55 bits per heavy atom. The second-order valence-corrected chi connectivity index (χ2v) is 7.42. The van der Waals surface area contributed by atoms with Crippen LogP contribution in [-0.2, 0) is 13.0 Å². The number of hydrogen-bond donors (Lipinski definition) is 0. The van der Waals surface area contributed by atoms with Crippen LogP contribution in [0.25, 0.3) is 11.7 Å². The molecule has 31 heavy (non-hydrogen) atoms. The van der Waals surface area contributed by atoms with Crippen molar-refractivity contribution < 1.29 is 18.3 Å². The molecule has 158 valence electrons. The molecule has 0 spiro atoms. The fraction of sp³-hybridized carbons (Fsp3) is 0.250. The van der Waals surface area contributed by atoms with Crippen LogP contribution in [0.2, 0.25) is 0 Å². The van der Waals surface area contributed by atoms with E-state index in [9.17, 15) is 0 Å². The van der Waals surface area contributed by atoms with E-state index in [2.05, 4.69) is 51.5 Å². The molecule has 0 aliphatic carbocycles. The van der Waals surface area contributed by atoms with Gasteiger partial charge in [-0.3, -0.25) is 4.90 Å². The first-order chi connectivity index (χ1) is 15.3.